The predicted octanol–water partition coefficient (Wildman–Crippen LogP) is 3.22. The highest BCUT2D eigenvalue weighted by molar-refractivity contribution is 5.79. The number of nitrogens with zero attached hydrogens (tertiary/aromatic N) is 2. The second-order valence-electron chi connectivity index (χ2n) is 7.14. The Morgan fingerprint density at radius 2 is 1.89 bits per heavy atom. The topological polar surface area (TPSA) is 72.4 Å². The zero-order valence-corrected chi connectivity index (χ0v) is 15.4. The van der Waals surface area contributed by atoms with E-state index in [1.54, 1.807) is 12.1 Å². The van der Waals surface area contributed by atoms with Crippen molar-refractivity contribution in [3.05, 3.63) is 77.9 Å². The molecule has 1 aliphatic heterocycles. The van der Waals surface area contributed by atoms with Gasteiger partial charge in [-0.15, -0.1) is 0 Å². The summed E-state index contributed by atoms with van der Waals surface area (Å²) in [7, 11) is 0. The number of rotatable bonds is 5. The molecule has 6 heteroatoms. The maximum atomic E-state index is 13.1. The monoisotopic (exact) mass is 379 g/mol. The molecular formula is C22H22FN3O2. The molecule has 28 heavy (non-hydrogen) atoms. The lowest BCUT2D eigenvalue weighted by molar-refractivity contribution is -0.129. The van der Waals surface area contributed by atoms with Gasteiger partial charge in [0.05, 0.1) is 12.1 Å². The van der Waals surface area contributed by atoms with E-state index in [1.807, 2.05) is 23.1 Å². The molecule has 1 amide bonds. The van der Waals surface area contributed by atoms with E-state index >= 15 is 0 Å². The highest BCUT2D eigenvalue weighted by atomic mass is 19.1. The molecule has 0 spiro atoms. The van der Waals surface area contributed by atoms with E-state index in [4.69, 9.17) is 10.2 Å². The van der Waals surface area contributed by atoms with E-state index in [-0.39, 0.29) is 30.0 Å². The Morgan fingerprint density at radius 1 is 1.14 bits per heavy atom. The van der Waals surface area contributed by atoms with Gasteiger partial charge in [0.15, 0.2) is 0 Å². The zero-order chi connectivity index (χ0) is 19.5. The number of halogens is 1. The molecule has 1 aromatic heterocycles. The second kappa shape index (κ2) is 7.94. The number of carbonyl (C=O) groups excluding carboxylic acids is 1. The molecule has 0 bridgehead atoms. The average Bonchev–Trinajstić information content (AvgIpc) is 3.36. The summed E-state index contributed by atoms with van der Waals surface area (Å²) in [5.41, 5.74) is 8.42. The van der Waals surface area contributed by atoms with Crippen LogP contribution in [0.2, 0.25) is 0 Å². The van der Waals surface area contributed by atoms with E-state index in [0.717, 1.165) is 0 Å². The third-order valence-corrected chi connectivity index (χ3v) is 5.30. The zero-order valence-electron chi connectivity index (χ0n) is 15.4. The van der Waals surface area contributed by atoms with E-state index in [1.165, 1.54) is 24.0 Å². The summed E-state index contributed by atoms with van der Waals surface area (Å²) in [5, 5.41) is 0. The SMILES string of the molecule is NC[C@@H]1CN(C(=O)Cc2coc(-c3ccc(F)cc3)n2)C[C@H]1c1ccccc1. The summed E-state index contributed by atoms with van der Waals surface area (Å²) < 4.78 is 18.5. The van der Waals surface area contributed by atoms with Crippen LogP contribution < -0.4 is 5.73 Å². The first-order valence-electron chi connectivity index (χ1n) is 9.37. The number of benzene rings is 2. The van der Waals surface area contributed by atoms with Gasteiger partial charge in [0.1, 0.15) is 12.1 Å². The second-order valence-corrected chi connectivity index (χ2v) is 7.14. The van der Waals surface area contributed by atoms with Gasteiger partial charge in [0.25, 0.3) is 0 Å². The van der Waals surface area contributed by atoms with Crippen LogP contribution in [-0.4, -0.2) is 35.4 Å². The Hall–Kier alpha value is -2.99. The van der Waals surface area contributed by atoms with Crippen LogP contribution in [0.5, 0.6) is 0 Å². The summed E-state index contributed by atoms with van der Waals surface area (Å²) in [4.78, 5) is 19.0. The van der Waals surface area contributed by atoms with Gasteiger partial charge in [-0.25, -0.2) is 9.37 Å². The van der Waals surface area contributed by atoms with Crippen LogP contribution in [0.25, 0.3) is 11.5 Å². The van der Waals surface area contributed by atoms with Crippen LogP contribution in [0, 0.1) is 11.7 Å². The molecule has 0 radical (unpaired) electrons. The molecule has 2 heterocycles. The molecule has 0 unspecified atom stereocenters. The Labute approximate surface area is 163 Å². The molecule has 1 aliphatic rings. The van der Waals surface area contributed by atoms with Crippen LogP contribution in [0.15, 0.2) is 65.3 Å². The van der Waals surface area contributed by atoms with E-state index in [2.05, 4.69) is 17.1 Å². The molecule has 0 aliphatic carbocycles. The largest absolute Gasteiger partial charge is 0.444 e. The lowest BCUT2D eigenvalue weighted by Gasteiger charge is -2.16. The molecule has 3 aromatic rings. The van der Waals surface area contributed by atoms with Crippen molar-refractivity contribution in [1.29, 1.82) is 0 Å². The Kier molecular flexibility index (Phi) is 5.21. The van der Waals surface area contributed by atoms with Crippen LogP contribution in [0.4, 0.5) is 4.39 Å². The minimum atomic E-state index is -0.317. The summed E-state index contributed by atoms with van der Waals surface area (Å²) in [6.07, 6.45) is 1.66. The van der Waals surface area contributed by atoms with Crippen molar-refractivity contribution in [3.8, 4) is 11.5 Å². The van der Waals surface area contributed by atoms with Crippen molar-refractivity contribution in [2.75, 3.05) is 19.6 Å². The van der Waals surface area contributed by atoms with E-state index in [9.17, 15) is 9.18 Å². The molecular weight excluding hydrogens is 357 g/mol. The lowest BCUT2D eigenvalue weighted by atomic mass is 9.89. The number of likely N-dealkylation sites (tertiary alicyclic amines) is 1. The molecule has 4 rings (SSSR count). The highest BCUT2D eigenvalue weighted by Crippen LogP contribution is 2.32. The fourth-order valence-electron chi connectivity index (χ4n) is 3.77. The Bertz CT molecular complexity index is 940. The summed E-state index contributed by atoms with van der Waals surface area (Å²) >= 11 is 0. The van der Waals surface area contributed by atoms with Crippen molar-refractivity contribution >= 4 is 5.91 Å². The first kappa shape index (κ1) is 18.4. The van der Waals surface area contributed by atoms with Crippen molar-refractivity contribution < 1.29 is 13.6 Å². The summed E-state index contributed by atoms with van der Waals surface area (Å²) in [6, 6.07) is 16.1. The maximum Gasteiger partial charge on any atom is 0.228 e. The first-order valence-corrected chi connectivity index (χ1v) is 9.37. The van der Waals surface area contributed by atoms with Gasteiger partial charge in [0.2, 0.25) is 11.8 Å². The smallest absolute Gasteiger partial charge is 0.228 e. The number of hydrogen-bond acceptors (Lipinski definition) is 4. The Morgan fingerprint density at radius 3 is 2.61 bits per heavy atom. The van der Waals surface area contributed by atoms with Gasteiger partial charge in [-0.1, -0.05) is 30.3 Å². The fraction of sp³-hybridized carbons (Fsp3) is 0.273. The molecule has 5 nitrogen and oxygen atoms in total. The van der Waals surface area contributed by atoms with Crippen LogP contribution in [0.1, 0.15) is 17.2 Å². The number of amides is 1. The molecule has 2 atom stereocenters. The van der Waals surface area contributed by atoms with Gasteiger partial charge in [-0.05, 0) is 42.3 Å². The molecule has 144 valence electrons. The first-order chi connectivity index (χ1) is 13.6. The third-order valence-electron chi connectivity index (χ3n) is 5.30. The van der Waals surface area contributed by atoms with Crippen LogP contribution >= 0.6 is 0 Å². The maximum absolute atomic E-state index is 13.1. The number of hydrogen-bond donors (Lipinski definition) is 1. The van der Waals surface area contributed by atoms with Crippen LogP contribution in [-0.2, 0) is 11.2 Å². The van der Waals surface area contributed by atoms with Gasteiger partial charge >= 0.3 is 0 Å². The molecule has 1 saturated heterocycles. The van der Waals surface area contributed by atoms with Crippen molar-refractivity contribution in [1.82, 2.24) is 9.88 Å². The Balaban J connectivity index is 1.43. The number of nitrogens with two attached hydrogens (primary N) is 1. The standard InChI is InChI=1S/C22H22FN3O2/c23-18-8-6-16(7-9-18)22-25-19(14-28-22)10-21(27)26-12-17(11-24)20(13-26)15-4-2-1-3-5-15/h1-9,14,17,20H,10-13,24H2/t17-,20+/m1/s1. The molecule has 2 N–H and O–H groups in total. The summed E-state index contributed by atoms with van der Waals surface area (Å²) in [5.74, 6) is 0.574. The van der Waals surface area contributed by atoms with Crippen LogP contribution in [0.3, 0.4) is 0 Å². The van der Waals surface area contributed by atoms with Gasteiger partial charge in [-0.3, -0.25) is 4.79 Å². The van der Waals surface area contributed by atoms with Crippen molar-refractivity contribution in [2.45, 2.75) is 12.3 Å². The van der Waals surface area contributed by atoms with Gasteiger partial charge in [0, 0.05) is 24.6 Å². The lowest BCUT2D eigenvalue weighted by Crippen LogP contribution is -2.31. The quantitative estimate of drug-likeness (QED) is 0.739. The minimum Gasteiger partial charge on any atom is -0.444 e. The van der Waals surface area contributed by atoms with Crippen molar-refractivity contribution in [3.63, 3.8) is 0 Å². The molecule has 0 saturated carbocycles. The van der Waals surface area contributed by atoms with E-state index < -0.39 is 0 Å². The van der Waals surface area contributed by atoms with Crippen molar-refractivity contribution in [2.24, 2.45) is 11.7 Å². The normalized spacial score (nSPS) is 19.1. The van der Waals surface area contributed by atoms with Gasteiger partial charge < -0.3 is 15.1 Å². The molecule has 2 aromatic carbocycles. The number of aromatic nitrogens is 1. The summed E-state index contributed by atoms with van der Waals surface area (Å²) in [6.45, 7) is 1.85. The minimum absolute atomic E-state index is 0.0100. The third kappa shape index (κ3) is 3.82. The fourth-order valence-corrected chi connectivity index (χ4v) is 3.77. The van der Waals surface area contributed by atoms with Gasteiger partial charge in [-0.2, -0.15) is 0 Å². The van der Waals surface area contributed by atoms with E-state index in [0.29, 0.717) is 36.8 Å². The highest BCUT2D eigenvalue weighted by Gasteiger charge is 2.35. The predicted molar refractivity (Wildman–Crippen MR) is 104 cm³/mol. The molecule has 1 fully saturated rings. The number of oxazole rings is 1. The average molecular weight is 379 g/mol. The number of carbonyl (C=O) groups is 1.